The third-order valence-electron chi connectivity index (χ3n) is 5.55. The van der Waals surface area contributed by atoms with Gasteiger partial charge in [0.2, 0.25) is 5.91 Å². The van der Waals surface area contributed by atoms with Gasteiger partial charge >= 0.3 is 0 Å². The van der Waals surface area contributed by atoms with Crippen molar-refractivity contribution in [3.05, 3.63) is 71.2 Å². The van der Waals surface area contributed by atoms with Gasteiger partial charge in [-0.1, -0.05) is 36.4 Å². The van der Waals surface area contributed by atoms with Crippen LogP contribution in [0, 0.1) is 20.8 Å². The summed E-state index contributed by atoms with van der Waals surface area (Å²) in [6.45, 7) is 8.69. The van der Waals surface area contributed by atoms with Gasteiger partial charge in [0.1, 0.15) is 0 Å². The third-order valence-corrected chi connectivity index (χ3v) is 5.55. The number of hydrogen-bond donors (Lipinski definition) is 0. The van der Waals surface area contributed by atoms with E-state index in [9.17, 15) is 4.79 Å². The molecule has 0 unspecified atom stereocenters. The van der Waals surface area contributed by atoms with Crippen molar-refractivity contribution in [2.75, 3.05) is 11.4 Å². The fourth-order valence-electron chi connectivity index (χ4n) is 4.09. The van der Waals surface area contributed by atoms with Gasteiger partial charge in [0, 0.05) is 35.8 Å². The molecule has 0 aliphatic carbocycles. The molecule has 4 rings (SSSR count). The lowest BCUT2D eigenvalue weighted by Gasteiger charge is -2.23. The van der Waals surface area contributed by atoms with Crippen molar-refractivity contribution in [2.24, 2.45) is 0 Å². The van der Waals surface area contributed by atoms with E-state index in [1.54, 1.807) is 0 Å². The second kappa shape index (κ2) is 7.66. The molecule has 1 amide bonds. The maximum Gasteiger partial charge on any atom is 0.227 e. The number of benzene rings is 2. The van der Waals surface area contributed by atoms with Gasteiger partial charge in [0.05, 0.1) is 11.4 Å². The van der Waals surface area contributed by atoms with Crippen LogP contribution in [0.1, 0.15) is 36.0 Å². The summed E-state index contributed by atoms with van der Waals surface area (Å²) in [5.74, 6) is 0.124. The summed E-state index contributed by atoms with van der Waals surface area (Å²) in [6.07, 6.45) is 1.09. The fraction of sp³-hybridized carbons (Fsp3) is 0.292. The average Bonchev–Trinajstić information content (AvgIpc) is 3.09. The van der Waals surface area contributed by atoms with Gasteiger partial charge in [-0.3, -0.25) is 4.79 Å². The molecule has 5 heteroatoms. The summed E-state index contributed by atoms with van der Waals surface area (Å²) in [7, 11) is 0. The molecule has 0 N–H and O–H groups in total. The van der Waals surface area contributed by atoms with E-state index in [1.165, 1.54) is 0 Å². The molecule has 0 saturated carbocycles. The molecule has 148 valence electrons. The first-order chi connectivity index (χ1) is 14.0. The number of amides is 1. The molecule has 2 heterocycles. The van der Waals surface area contributed by atoms with Gasteiger partial charge in [-0.05, 0) is 51.1 Å². The second-order valence-electron chi connectivity index (χ2n) is 7.45. The highest BCUT2D eigenvalue weighted by Crippen LogP contribution is 2.27. The number of fused-ring (bicyclic) bond motifs is 2. The second-order valence-corrected chi connectivity index (χ2v) is 7.45. The van der Waals surface area contributed by atoms with Crippen LogP contribution in [-0.4, -0.2) is 27.0 Å². The highest BCUT2D eigenvalue weighted by molar-refractivity contribution is 6.03. The SMILES string of the molecule is CCN(C(=O)CCc1c(C)nc2cc(C)nn2c1C)c1cccc2ccccc12. The number of nitrogens with zero attached hydrogens (tertiary/aromatic N) is 4. The van der Waals surface area contributed by atoms with E-state index in [0.717, 1.165) is 44.8 Å². The van der Waals surface area contributed by atoms with Crippen LogP contribution in [0.4, 0.5) is 5.69 Å². The summed E-state index contributed by atoms with van der Waals surface area (Å²) in [6, 6.07) is 16.3. The van der Waals surface area contributed by atoms with Gasteiger partial charge in [-0.15, -0.1) is 0 Å². The molecule has 2 aromatic heterocycles. The fourth-order valence-corrected chi connectivity index (χ4v) is 4.09. The van der Waals surface area contributed by atoms with Crippen molar-refractivity contribution >= 4 is 28.0 Å². The van der Waals surface area contributed by atoms with Crippen molar-refractivity contribution in [2.45, 2.75) is 40.5 Å². The van der Waals surface area contributed by atoms with E-state index in [0.29, 0.717) is 19.4 Å². The van der Waals surface area contributed by atoms with Crippen molar-refractivity contribution in [3.8, 4) is 0 Å². The number of aromatic nitrogens is 3. The van der Waals surface area contributed by atoms with E-state index in [1.807, 2.05) is 60.5 Å². The summed E-state index contributed by atoms with van der Waals surface area (Å²) in [5, 5.41) is 6.78. The van der Waals surface area contributed by atoms with E-state index in [2.05, 4.69) is 35.2 Å². The Labute approximate surface area is 171 Å². The minimum atomic E-state index is 0.124. The minimum Gasteiger partial charge on any atom is -0.312 e. The van der Waals surface area contributed by atoms with E-state index in [-0.39, 0.29) is 5.91 Å². The zero-order chi connectivity index (χ0) is 20.5. The molecule has 0 fully saturated rings. The normalized spacial score (nSPS) is 11.3. The van der Waals surface area contributed by atoms with Gasteiger partial charge < -0.3 is 4.90 Å². The van der Waals surface area contributed by atoms with Crippen LogP contribution in [0.2, 0.25) is 0 Å². The predicted molar refractivity (Wildman–Crippen MR) is 117 cm³/mol. The van der Waals surface area contributed by atoms with E-state index in [4.69, 9.17) is 0 Å². The van der Waals surface area contributed by atoms with Gasteiger partial charge in [-0.2, -0.15) is 5.10 Å². The molecule has 0 aliphatic heterocycles. The maximum atomic E-state index is 13.2. The summed E-state index contributed by atoms with van der Waals surface area (Å²) >= 11 is 0. The highest BCUT2D eigenvalue weighted by Gasteiger charge is 2.18. The molecule has 0 radical (unpaired) electrons. The Morgan fingerprint density at radius 2 is 1.83 bits per heavy atom. The molecule has 0 aliphatic rings. The highest BCUT2D eigenvalue weighted by atomic mass is 16.2. The first kappa shape index (κ1) is 19.1. The first-order valence-electron chi connectivity index (χ1n) is 10.1. The molecule has 0 atom stereocenters. The van der Waals surface area contributed by atoms with Crippen molar-refractivity contribution in [1.82, 2.24) is 14.6 Å². The van der Waals surface area contributed by atoms with Gasteiger partial charge in [-0.25, -0.2) is 9.50 Å². The molecule has 4 aromatic rings. The smallest absolute Gasteiger partial charge is 0.227 e. The molecule has 0 spiro atoms. The van der Waals surface area contributed by atoms with Crippen molar-refractivity contribution in [3.63, 3.8) is 0 Å². The number of aryl methyl sites for hydroxylation is 3. The van der Waals surface area contributed by atoms with Crippen LogP contribution >= 0.6 is 0 Å². The summed E-state index contributed by atoms with van der Waals surface area (Å²) < 4.78 is 1.88. The van der Waals surface area contributed by atoms with E-state index >= 15 is 0 Å². The lowest BCUT2D eigenvalue weighted by Crippen LogP contribution is -2.31. The molecule has 0 saturated heterocycles. The standard InChI is InChI=1S/C24H26N4O/c1-5-27(22-12-8-10-19-9-6-7-11-21(19)22)24(29)14-13-20-17(3)25-23-15-16(2)26-28(23)18(20)4/h6-12,15H,5,13-14H2,1-4H3. The Balaban J connectivity index is 1.61. The number of carbonyl (C=O) groups is 1. The van der Waals surface area contributed by atoms with Crippen molar-refractivity contribution < 1.29 is 4.79 Å². The topological polar surface area (TPSA) is 50.5 Å². The quantitative estimate of drug-likeness (QED) is 0.495. The van der Waals surface area contributed by atoms with E-state index < -0.39 is 0 Å². The predicted octanol–water partition coefficient (Wildman–Crippen LogP) is 4.79. The molecule has 5 nitrogen and oxygen atoms in total. The molecule has 29 heavy (non-hydrogen) atoms. The third kappa shape index (κ3) is 3.48. The Morgan fingerprint density at radius 1 is 1.07 bits per heavy atom. The van der Waals surface area contributed by atoms with Crippen LogP contribution < -0.4 is 4.90 Å². The Kier molecular flexibility index (Phi) is 5.05. The Bertz CT molecular complexity index is 1200. The summed E-state index contributed by atoms with van der Waals surface area (Å²) in [5.41, 5.74) is 5.90. The van der Waals surface area contributed by atoms with Crippen LogP contribution in [0.15, 0.2) is 48.5 Å². The number of hydrogen-bond acceptors (Lipinski definition) is 3. The lowest BCUT2D eigenvalue weighted by molar-refractivity contribution is -0.118. The van der Waals surface area contributed by atoms with Crippen molar-refractivity contribution in [1.29, 1.82) is 0 Å². The first-order valence-corrected chi connectivity index (χ1v) is 10.1. The largest absolute Gasteiger partial charge is 0.312 e. The average molecular weight is 386 g/mol. The summed E-state index contributed by atoms with van der Waals surface area (Å²) in [4.78, 5) is 19.7. The lowest BCUT2D eigenvalue weighted by atomic mass is 10.0. The van der Waals surface area contributed by atoms with Crippen LogP contribution in [-0.2, 0) is 11.2 Å². The molecule has 2 aromatic carbocycles. The minimum absolute atomic E-state index is 0.124. The van der Waals surface area contributed by atoms with Gasteiger partial charge in [0.15, 0.2) is 5.65 Å². The monoisotopic (exact) mass is 386 g/mol. The van der Waals surface area contributed by atoms with Crippen LogP contribution in [0.25, 0.3) is 16.4 Å². The van der Waals surface area contributed by atoms with Crippen LogP contribution in [0.5, 0.6) is 0 Å². The van der Waals surface area contributed by atoms with Crippen LogP contribution in [0.3, 0.4) is 0 Å². The molecule has 0 bridgehead atoms. The molecular formula is C24H26N4O. The Hall–Kier alpha value is -3.21. The number of rotatable bonds is 5. The maximum absolute atomic E-state index is 13.2. The zero-order valence-corrected chi connectivity index (χ0v) is 17.4. The number of carbonyl (C=O) groups excluding carboxylic acids is 1. The zero-order valence-electron chi connectivity index (χ0n) is 17.4. The molecular weight excluding hydrogens is 360 g/mol. The Morgan fingerprint density at radius 3 is 2.62 bits per heavy atom. The number of anilines is 1. The van der Waals surface area contributed by atoms with Gasteiger partial charge in [0.25, 0.3) is 0 Å².